The van der Waals surface area contributed by atoms with Crippen molar-refractivity contribution < 1.29 is 0 Å². The molecule has 108 valence electrons. The van der Waals surface area contributed by atoms with Gasteiger partial charge >= 0.3 is 0 Å². The highest BCUT2D eigenvalue weighted by Gasteiger charge is 2.21. The first-order valence-electron chi connectivity index (χ1n) is 7.07. The number of benzene rings is 2. The van der Waals surface area contributed by atoms with Crippen LogP contribution in [-0.2, 0) is 6.42 Å². The van der Waals surface area contributed by atoms with Gasteiger partial charge in [0, 0.05) is 22.8 Å². The fourth-order valence-electron chi connectivity index (χ4n) is 2.93. The molecule has 2 aromatic rings. The van der Waals surface area contributed by atoms with E-state index >= 15 is 0 Å². The highest BCUT2D eigenvalue weighted by atomic mass is 35.5. The Bertz CT molecular complexity index is 709. The molecule has 0 saturated heterocycles. The predicted octanol–water partition coefficient (Wildman–Crippen LogP) is 4.02. The van der Waals surface area contributed by atoms with Crippen LogP contribution in [0, 0.1) is 12.3 Å². The maximum Gasteiger partial charge on any atom is 0.124 e. The van der Waals surface area contributed by atoms with Gasteiger partial charge in [0.25, 0.3) is 0 Å². The number of nitrogen functional groups attached to an aromatic ring is 1. The number of hydrogen-bond acceptors (Lipinski definition) is 2. The summed E-state index contributed by atoms with van der Waals surface area (Å²) in [4.78, 5) is 2.22. The Morgan fingerprint density at radius 1 is 1.19 bits per heavy atom. The summed E-state index contributed by atoms with van der Waals surface area (Å²) in [7, 11) is 0. The van der Waals surface area contributed by atoms with E-state index in [-0.39, 0.29) is 5.84 Å². The van der Waals surface area contributed by atoms with Crippen molar-refractivity contribution in [2.75, 3.05) is 11.4 Å². The minimum Gasteiger partial charge on any atom is -0.384 e. The minimum atomic E-state index is 0.0703. The lowest BCUT2D eigenvalue weighted by Gasteiger charge is -2.33. The van der Waals surface area contributed by atoms with Gasteiger partial charge in [-0.25, -0.2) is 0 Å². The van der Waals surface area contributed by atoms with Crippen LogP contribution in [0.3, 0.4) is 0 Å². The van der Waals surface area contributed by atoms with Crippen molar-refractivity contribution in [3.8, 4) is 0 Å². The number of fused-ring (bicyclic) bond motifs is 1. The molecule has 0 saturated carbocycles. The highest BCUT2D eigenvalue weighted by molar-refractivity contribution is 6.31. The van der Waals surface area contributed by atoms with Crippen molar-refractivity contribution in [1.29, 1.82) is 5.41 Å². The van der Waals surface area contributed by atoms with Gasteiger partial charge < -0.3 is 10.6 Å². The van der Waals surface area contributed by atoms with Crippen molar-refractivity contribution in [3.63, 3.8) is 0 Å². The van der Waals surface area contributed by atoms with Gasteiger partial charge in [0.1, 0.15) is 5.84 Å². The zero-order valence-corrected chi connectivity index (χ0v) is 12.7. The van der Waals surface area contributed by atoms with E-state index in [1.807, 2.05) is 12.1 Å². The van der Waals surface area contributed by atoms with E-state index in [2.05, 4.69) is 30.0 Å². The van der Waals surface area contributed by atoms with Crippen LogP contribution < -0.4 is 10.6 Å². The van der Waals surface area contributed by atoms with Gasteiger partial charge in [0.2, 0.25) is 0 Å². The summed E-state index contributed by atoms with van der Waals surface area (Å²) in [6.45, 7) is 3.02. The monoisotopic (exact) mass is 299 g/mol. The van der Waals surface area contributed by atoms with Gasteiger partial charge in [-0.3, -0.25) is 5.41 Å². The number of rotatable bonds is 2. The zero-order chi connectivity index (χ0) is 15.0. The second-order valence-corrected chi connectivity index (χ2v) is 5.90. The molecule has 0 amide bonds. The highest BCUT2D eigenvalue weighted by Crippen LogP contribution is 2.36. The molecular weight excluding hydrogens is 282 g/mol. The first kappa shape index (κ1) is 14.0. The summed E-state index contributed by atoms with van der Waals surface area (Å²) in [6.07, 6.45) is 2.17. The van der Waals surface area contributed by atoms with Gasteiger partial charge in [-0.1, -0.05) is 29.3 Å². The van der Waals surface area contributed by atoms with Crippen LogP contribution in [-0.4, -0.2) is 12.4 Å². The molecule has 0 fully saturated rings. The normalized spacial score (nSPS) is 13.9. The topological polar surface area (TPSA) is 53.1 Å². The average Bonchev–Trinajstić information content (AvgIpc) is 2.45. The average molecular weight is 300 g/mol. The summed E-state index contributed by atoms with van der Waals surface area (Å²) in [5, 5.41) is 8.45. The molecule has 1 heterocycles. The summed E-state index contributed by atoms with van der Waals surface area (Å²) in [6, 6.07) is 12.0. The Morgan fingerprint density at radius 2 is 2.00 bits per heavy atom. The van der Waals surface area contributed by atoms with Crippen LogP contribution >= 0.6 is 11.6 Å². The van der Waals surface area contributed by atoms with E-state index in [4.69, 9.17) is 22.7 Å². The zero-order valence-electron chi connectivity index (χ0n) is 12.0. The lowest BCUT2D eigenvalue weighted by atomic mass is 9.98. The van der Waals surface area contributed by atoms with E-state index < -0.39 is 0 Å². The lowest BCUT2D eigenvalue weighted by molar-refractivity contribution is 0.765. The molecule has 0 spiro atoms. The first-order valence-corrected chi connectivity index (χ1v) is 7.45. The summed E-state index contributed by atoms with van der Waals surface area (Å²) in [5.74, 6) is 0.0703. The van der Waals surface area contributed by atoms with Crippen molar-refractivity contribution >= 4 is 28.8 Å². The summed E-state index contributed by atoms with van der Waals surface area (Å²) >= 11 is 6.16. The third-order valence-electron chi connectivity index (χ3n) is 3.89. The fraction of sp³-hybridized carbons (Fsp3) is 0.235. The molecule has 21 heavy (non-hydrogen) atoms. The van der Waals surface area contributed by atoms with Gasteiger partial charge in [0.15, 0.2) is 0 Å². The Labute approximate surface area is 129 Å². The van der Waals surface area contributed by atoms with E-state index in [1.165, 1.54) is 16.8 Å². The SMILES string of the molecule is Cc1ccc2c(c1)CCCN2c1cc(Cl)ccc1C(=N)N. The van der Waals surface area contributed by atoms with Crippen LogP contribution in [0.25, 0.3) is 0 Å². The van der Waals surface area contributed by atoms with E-state index in [0.29, 0.717) is 5.02 Å². The van der Waals surface area contributed by atoms with Crippen LogP contribution in [0.4, 0.5) is 11.4 Å². The number of nitrogens with one attached hydrogen (secondary N) is 1. The molecule has 1 aliphatic rings. The predicted molar refractivity (Wildman–Crippen MR) is 89.0 cm³/mol. The van der Waals surface area contributed by atoms with Crippen LogP contribution in [0.5, 0.6) is 0 Å². The quantitative estimate of drug-likeness (QED) is 0.650. The maximum absolute atomic E-state index is 7.79. The Kier molecular flexibility index (Phi) is 3.60. The maximum atomic E-state index is 7.79. The van der Waals surface area contributed by atoms with E-state index in [9.17, 15) is 0 Å². The first-order chi connectivity index (χ1) is 10.1. The van der Waals surface area contributed by atoms with Crippen molar-refractivity contribution in [3.05, 3.63) is 58.1 Å². The third-order valence-corrected chi connectivity index (χ3v) is 4.13. The smallest absolute Gasteiger partial charge is 0.124 e. The number of hydrogen-bond donors (Lipinski definition) is 2. The molecule has 3 rings (SSSR count). The molecule has 3 nitrogen and oxygen atoms in total. The molecule has 0 aromatic heterocycles. The molecule has 4 heteroatoms. The summed E-state index contributed by atoms with van der Waals surface area (Å²) in [5.41, 5.74) is 11.2. The number of amidine groups is 1. The minimum absolute atomic E-state index is 0.0703. The van der Waals surface area contributed by atoms with Gasteiger partial charge in [-0.05, 0) is 49.6 Å². The van der Waals surface area contributed by atoms with Gasteiger partial charge in [-0.15, -0.1) is 0 Å². The Morgan fingerprint density at radius 3 is 2.76 bits per heavy atom. The van der Waals surface area contributed by atoms with Crippen LogP contribution in [0.15, 0.2) is 36.4 Å². The van der Waals surface area contributed by atoms with Gasteiger partial charge in [0.05, 0.1) is 5.69 Å². The molecule has 0 radical (unpaired) electrons. The van der Waals surface area contributed by atoms with Crippen molar-refractivity contribution in [1.82, 2.24) is 0 Å². The largest absolute Gasteiger partial charge is 0.384 e. The Balaban J connectivity index is 2.15. The van der Waals surface area contributed by atoms with Gasteiger partial charge in [-0.2, -0.15) is 0 Å². The molecule has 3 N–H and O–H groups in total. The molecular formula is C17H18ClN3. The van der Waals surface area contributed by atoms with Crippen LogP contribution in [0.2, 0.25) is 5.02 Å². The third kappa shape index (κ3) is 2.61. The second-order valence-electron chi connectivity index (χ2n) is 5.46. The van der Waals surface area contributed by atoms with Crippen molar-refractivity contribution in [2.24, 2.45) is 5.73 Å². The summed E-state index contributed by atoms with van der Waals surface area (Å²) < 4.78 is 0. The molecule has 0 atom stereocenters. The van der Waals surface area contributed by atoms with E-state index in [1.54, 1.807) is 6.07 Å². The number of anilines is 2. The molecule has 0 unspecified atom stereocenters. The Hall–Kier alpha value is -2.00. The molecule has 2 aromatic carbocycles. The molecule has 0 aliphatic carbocycles. The van der Waals surface area contributed by atoms with Crippen molar-refractivity contribution in [2.45, 2.75) is 19.8 Å². The van der Waals surface area contributed by atoms with E-state index in [0.717, 1.165) is 30.6 Å². The molecule has 1 aliphatic heterocycles. The number of nitrogens with two attached hydrogens (primary N) is 1. The number of halogens is 1. The number of aryl methyl sites for hydroxylation is 2. The fourth-order valence-corrected chi connectivity index (χ4v) is 3.10. The second kappa shape index (κ2) is 5.41. The molecule has 0 bridgehead atoms. The lowest BCUT2D eigenvalue weighted by Crippen LogP contribution is -2.27. The van der Waals surface area contributed by atoms with Crippen LogP contribution in [0.1, 0.15) is 23.1 Å². The number of nitrogens with zero attached hydrogens (tertiary/aromatic N) is 1. The standard InChI is InChI=1S/C17H18ClN3/c1-11-4-7-15-12(9-11)3-2-8-21(15)16-10-13(18)5-6-14(16)17(19)20/h4-7,9-10H,2-3,8H2,1H3,(H3,19,20).